The molecule has 2 unspecified atom stereocenters. The molecule has 2 rings (SSSR count). The van der Waals surface area contributed by atoms with E-state index in [1.165, 1.54) is 12.5 Å². The van der Waals surface area contributed by atoms with Crippen LogP contribution in [0.15, 0.2) is 22.7 Å². The molecule has 1 saturated carbocycles. The van der Waals surface area contributed by atoms with Crippen LogP contribution in [0.4, 0.5) is 4.39 Å². The second-order valence-corrected chi connectivity index (χ2v) is 6.37. The third-order valence-corrected chi connectivity index (χ3v) is 4.51. The Morgan fingerprint density at radius 1 is 1.59 bits per heavy atom. The topological polar surface area (TPSA) is 38.0 Å². The molecule has 1 fully saturated rings. The van der Waals surface area contributed by atoms with Crippen LogP contribution in [0.3, 0.4) is 0 Å². The first-order valence-electron chi connectivity index (χ1n) is 5.84. The van der Waals surface area contributed by atoms with Crippen LogP contribution in [-0.2, 0) is 6.42 Å². The second-order valence-electron chi connectivity index (χ2n) is 5.51. The van der Waals surface area contributed by atoms with E-state index >= 15 is 0 Å². The van der Waals surface area contributed by atoms with E-state index in [2.05, 4.69) is 35.2 Å². The third kappa shape index (κ3) is 2.87. The van der Waals surface area contributed by atoms with E-state index in [1.54, 1.807) is 12.1 Å². The number of nitrogens with two attached hydrogens (primary N) is 1. The van der Waals surface area contributed by atoms with Crippen LogP contribution in [0.25, 0.3) is 0 Å². The number of hydrogen-bond acceptors (Lipinski definition) is 2. The van der Waals surface area contributed by atoms with Crippen LogP contribution >= 0.6 is 15.9 Å². The van der Waals surface area contributed by atoms with Gasteiger partial charge in [-0.25, -0.2) is 4.39 Å². The smallest absolute Gasteiger partial charge is 0.123 e. The highest BCUT2D eigenvalue weighted by molar-refractivity contribution is 9.10. The fourth-order valence-corrected chi connectivity index (χ4v) is 2.86. The molecule has 3 N–H and O–H groups in total. The van der Waals surface area contributed by atoms with E-state index in [9.17, 15) is 4.39 Å². The van der Waals surface area contributed by atoms with Gasteiger partial charge in [-0.3, -0.25) is 11.3 Å². The zero-order valence-corrected chi connectivity index (χ0v) is 11.7. The molecule has 94 valence electrons. The molecule has 0 heterocycles. The van der Waals surface area contributed by atoms with Gasteiger partial charge in [0.1, 0.15) is 5.82 Å². The van der Waals surface area contributed by atoms with Crippen LogP contribution in [0, 0.1) is 17.2 Å². The summed E-state index contributed by atoms with van der Waals surface area (Å²) in [6.07, 6.45) is 1.93. The van der Waals surface area contributed by atoms with Gasteiger partial charge in [0.2, 0.25) is 0 Å². The van der Waals surface area contributed by atoms with E-state index < -0.39 is 0 Å². The number of benzene rings is 1. The standard InChI is InChI=1S/C13H18BrFN2/c1-13(2)7-10(13)12(17-16)6-8-5-9(15)3-4-11(8)14/h3-5,10,12,17H,6-7,16H2,1-2H3. The SMILES string of the molecule is CC1(C)CC1C(Cc1cc(F)ccc1Br)NN. The zero-order valence-electron chi connectivity index (χ0n) is 10.1. The quantitative estimate of drug-likeness (QED) is 0.663. The number of halogens is 2. The van der Waals surface area contributed by atoms with E-state index in [0.717, 1.165) is 16.5 Å². The maximum Gasteiger partial charge on any atom is 0.123 e. The number of nitrogens with one attached hydrogen (secondary N) is 1. The first-order chi connectivity index (χ1) is 7.94. The summed E-state index contributed by atoms with van der Waals surface area (Å²) in [6, 6.07) is 4.99. The average Bonchev–Trinajstić information content (AvgIpc) is 2.89. The fourth-order valence-electron chi connectivity index (χ4n) is 2.45. The molecule has 1 aliphatic carbocycles. The van der Waals surface area contributed by atoms with Crippen LogP contribution < -0.4 is 11.3 Å². The molecule has 1 aromatic carbocycles. The Kier molecular flexibility index (Phi) is 3.57. The van der Waals surface area contributed by atoms with E-state index in [-0.39, 0.29) is 11.9 Å². The first kappa shape index (κ1) is 13.0. The van der Waals surface area contributed by atoms with Crippen molar-refractivity contribution in [1.29, 1.82) is 0 Å². The summed E-state index contributed by atoms with van der Waals surface area (Å²) >= 11 is 3.45. The van der Waals surface area contributed by atoms with Gasteiger partial charge in [-0.05, 0) is 47.9 Å². The lowest BCUT2D eigenvalue weighted by Crippen LogP contribution is -2.39. The predicted octanol–water partition coefficient (Wildman–Crippen LogP) is 3.01. The molecule has 1 aromatic rings. The summed E-state index contributed by atoms with van der Waals surface area (Å²) in [6.45, 7) is 4.48. The maximum absolute atomic E-state index is 13.2. The molecule has 0 amide bonds. The summed E-state index contributed by atoms with van der Waals surface area (Å²) in [7, 11) is 0. The molecule has 0 bridgehead atoms. The number of hydrazine groups is 1. The summed E-state index contributed by atoms with van der Waals surface area (Å²) in [5.41, 5.74) is 4.20. The van der Waals surface area contributed by atoms with Crippen molar-refractivity contribution in [3.8, 4) is 0 Å². The van der Waals surface area contributed by atoms with E-state index in [4.69, 9.17) is 5.84 Å². The van der Waals surface area contributed by atoms with Crippen molar-refractivity contribution in [2.45, 2.75) is 32.7 Å². The summed E-state index contributed by atoms with van der Waals surface area (Å²) in [5.74, 6) is 5.98. The average molecular weight is 301 g/mol. The largest absolute Gasteiger partial charge is 0.271 e. The first-order valence-corrected chi connectivity index (χ1v) is 6.63. The molecule has 0 saturated heterocycles. The molecule has 0 radical (unpaired) electrons. The number of hydrogen-bond donors (Lipinski definition) is 2. The van der Waals surface area contributed by atoms with Gasteiger partial charge >= 0.3 is 0 Å². The van der Waals surface area contributed by atoms with Crippen LogP contribution in [0.2, 0.25) is 0 Å². The van der Waals surface area contributed by atoms with E-state index in [1.807, 2.05) is 0 Å². The summed E-state index contributed by atoms with van der Waals surface area (Å²) < 4.78 is 14.1. The van der Waals surface area contributed by atoms with E-state index in [0.29, 0.717) is 11.3 Å². The normalized spacial score (nSPS) is 23.5. The minimum Gasteiger partial charge on any atom is -0.271 e. The number of rotatable bonds is 4. The van der Waals surface area contributed by atoms with Crippen molar-refractivity contribution in [2.24, 2.45) is 17.2 Å². The van der Waals surface area contributed by atoms with Gasteiger partial charge in [-0.2, -0.15) is 0 Å². The third-order valence-electron chi connectivity index (χ3n) is 3.74. The lowest BCUT2D eigenvalue weighted by Gasteiger charge is -2.18. The minimum absolute atomic E-state index is 0.200. The highest BCUT2D eigenvalue weighted by Gasteiger charge is 2.49. The lowest BCUT2D eigenvalue weighted by atomic mass is 9.98. The van der Waals surface area contributed by atoms with Gasteiger partial charge in [-0.1, -0.05) is 29.8 Å². The van der Waals surface area contributed by atoms with Crippen molar-refractivity contribution >= 4 is 15.9 Å². The monoisotopic (exact) mass is 300 g/mol. The van der Waals surface area contributed by atoms with Crippen molar-refractivity contribution < 1.29 is 4.39 Å². The Bertz CT molecular complexity index is 420. The second kappa shape index (κ2) is 4.67. The van der Waals surface area contributed by atoms with Crippen molar-refractivity contribution in [3.05, 3.63) is 34.1 Å². The van der Waals surface area contributed by atoms with Crippen LogP contribution in [0.5, 0.6) is 0 Å². The summed E-state index contributed by atoms with van der Waals surface area (Å²) in [4.78, 5) is 0. The minimum atomic E-state index is -0.200. The fraction of sp³-hybridized carbons (Fsp3) is 0.538. The molecule has 17 heavy (non-hydrogen) atoms. The van der Waals surface area contributed by atoms with Crippen LogP contribution in [-0.4, -0.2) is 6.04 Å². The van der Waals surface area contributed by atoms with Gasteiger partial charge in [-0.15, -0.1) is 0 Å². The van der Waals surface area contributed by atoms with Gasteiger partial charge in [0.05, 0.1) is 0 Å². The highest BCUT2D eigenvalue weighted by atomic mass is 79.9. The highest BCUT2D eigenvalue weighted by Crippen LogP contribution is 2.54. The molecule has 0 spiro atoms. The molecule has 2 atom stereocenters. The van der Waals surface area contributed by atoms with Gasteiger partial charge < -0.3 is 0 Å². The molecule has 0 aromatic heterocycles. The lowest BCUT2D eigenvalue weighted by molar-refractivity contribution is 0.408. The Balaban J connectivity index is 2.11. The molecule has 2 nitrogen and oxygen atoms in total. The maximum atomic E-state index is 13.2. The van der Waals surface area contributed by atoms with Gasteiger partial charge in [0.25, 0.3) is 0 Å². The Labute approximate surface area is 110 Å². The van der Waals surface area contributed by atoms with Gasteiger partial charge in [0.15, 0.2) is 0 Å². The van der Waals surface area contributed by atoms with Crippen LogP contribution in [0.1, 0.15) is 25.8 Å². The van der Waals surface area contributed by atoms with Crippen molar-refractivity contribution in [2.75, 3.05) is 0 Å². The molecule has 1 aliphatic rings. The zero-order chi connectivity index (χ0) is 12.6. The molecule has 4 heteroatoms. The summed E-state index contributed by atoms with van der Waals surface area (Å²) in [5, 5.41) is 0. The molecule has 0 aliphatic heterocycles. The van der Waals surface area contributed by atoms with Gasteiger partial charge in [0, 0.05) is 10.5 Å². The predicted molar refractivity (Wildman–Crippen MR) is 70.8 cm³/mol. The molecular weight excluding hydrogens is 283 g/mol. The van der Waals surface area contributed by atoms with Crippen molar-refractivity contribution in [3.63, 3.8) is 0 Å². The Hall–Kier alpha value is -0.450. The molecular formula is C13H18BrFN2. The van der Waals surface area contributed by atoms with Crippen molar-refractivity contribution in [1.82, 2.24) is 5.43 Å². The Morgan fingerprint density at radius 2 is 2.24 bits per heavy atom. The Morgan fingerprint density at radius 3 is 2.76 bits per heavy atom.